The van der Waals surface area contributed by atoms with Gasteiger partial charge in [0.2, 0.25) is 5.78 Å². The van der Waals surface area contributed by atoms with Crippen molar-refractivity contribution in [1.29, 1.82) is 0 Å². The Hall–Kier alpha value is -2.40. The number of hydrogen-bond acceptors (Lipinski definition) is 4. The number of rotatable bonds is 4. The van der Waals surface area contributed by atoms with Crippen LogP contribution in [0.5, 0.6) is 0 Å². The summed E-state index contributed by atoms with van der Waals surface area (Å²) in [5.41, 5.74) is 4.95. The average molecular weight is 282 g/mol. The summed E-state index contributed by atoms with van der Waals surface area (Å²) in [4.78, 5) is 8.79. The highest BCUT2D eigenvalue weighted by Crippen LogP contribution is 2.17. The van der Waals surface area contributed by atoms with Gasteiger partial charge in [0.1, 0.15) is 0 Å². The Labute approximate surface area is 123 Å². The number of hydrogen-bond donors (Lipinski definition) is 2. The molecule has 0 aliphatic heterocycles. The highest BCUT2D eigenvalue weighted by Gasteiger charge is 2.08. The van der Waals surface area contributed by atoms with E-state index < -0.39 is 0 Å². The Bertz CT molecular complexity index is 779. The molecule has 2 heterocycles. The zero-order chi connectivity index (χ0) is 14.8. The third-order valence-corrected chi connectivity index (χ3v) is 3.51. The standard InChI is InChI=1S/C16H18N4O/c1-11-7-12(2)20-14(9-18-16(20)19-11)8-17-15-6-4-3-5-13(15)10-21/h3-7,9,17,21H,8,10H2,1-2H3. The second-order valence-electron chi connectivity index (χ2n) is 5.09. The van der Waals surface area contributed by atoms with Crippen LogP contribution in [-0.2, 0) is 13.2 Å². The smallest absolute Gasteiger partial charge is 0.234 e. The molecule has 0 saturated heterocycles. The van der Waals surface area contributed by atoms with Crippen LogP contribution in [0.3, 0.4) is 0 Å². The van der Waals surface area contributed by atoms with Gasteiger partial charge >= 0.3 is 0 Å². The van der Waals surface area contributed by atoms with Gasteiger partial charge in [0, 0.05) is 22.6 Å². The molecule has 0 saturated carbocycles. The van der Waals surface area contributed by atoms with Crippen molar-refractivity contribution >= 4 is 11.5 Å². The number of aliphatic hydroxyl groups is 1. The van der Waals surface area contributed by atoms with Crippen LogP contribution in [0.15, 0.2) is 36.5 Å². The number of para-hydroxylation sites is 1. The van der Waals surface area contributed by atoms with Gasteiger partial charge < -0.3 is 10.4 Å². The van der Waals surface area contributed by atoms with E-state index in [2.05, 4.69) is 22.2 Å². The molecule has 3 rings (SSSR count). The van der Waals surface area contributed by atoms with Crippen LogP contribution in [-0.4, -0.2) is 19.5 Å². The fourth-order valence-electron chi connectivity index (χ4n) is 2.54. The van der Waals surface area contributed by atoms with Crippen molar-refractivity contribution in [2.75, 3.05) is 5.32 Å². The summed E-state index contributed by atoms with van der Waals surface area (Å²) in [5, 5.41) is 12.7. The van der Waals surface area contributed by atoms with Gasteiger partial charge in [0.05, 0.1) is 25.0 Å². The number of imidazole rings is 1. The molecule has 0 bridgehead atoms. The predicted molar refractivity (Wildman–Crippen MR) is 82.2 cm³/mol. The molecule has 2 aromatic heterocycles. The number of aliphatic hydroxyl groups excluding tert-OH is 1. The van der Waals surface area contributed by atoms with Crippen molar-refractivity contribution in [3.8, 4) is 0 Å². The molecular formula is C16H18N4O. The number of aryl methyl sites for hydroxylation is 2. The molecule has 108 valence electrons. The SMILES string of the molecule is Cc1cc(C)n2c(CNc3ccccc3CO)cnc2n1. The minimum atomic E-state index is 0.0239. The number of fused-ring (bicyclic) bond motifs is 1. The van der Waals surface area contributed by atoms with Crippen LogP contribution < -0.4 is 5.32 Å². The number of anilines is 1. The second-order valence-corrected chi connectivity index (χ2v) is 5.09. The maximum Gasteiger partial charge on any atom is 0.234 e. The lowest BCUT2D eigenvalue weighted by atomic mass is 10.2. The summed E-state index contributed by atoms with van der Waals surface area (Å²) < 4.78 is 2.04. The summed E-state index contributed by atoms with van der Waals surface area (Å²) in [6, 6.07) is 9.78. The van der Waals surface area contributed by atoms with Crippen LogP contribution in [0.4, 0.5) is 5.69 Å². The van der Waals surface area contributed by atoms with Gasteiger partial charge in [0.15, 0.2) is 0 Å². The van der Waals surface area contributed by atoms with E-state index in [0.29, 0.717) is 6.54 Å². The molecule has 0 spiro atoms. The van der Waals surface area contributed by atoms with Gasteiger partial charge in [0.25, 0.3) is 0 Å². The van der Waals surface area contributed by atoms with Gasteiger partial charge in [-0.15, -0.1) is 0 Å². The highest BCUT2D eigenvalue weighted by molar-refractivity contribution is 5.51. The lowest BCUT2D eigenvalue weighted by molar-refractivity contribution is 0.282. The van der Waals surface area contributed by atoms with Crippen LogP contribution in [0, 0.1) is 13.8 Å². The maximum absolute atomic E-state index is 9.35. The fraction of sp³-hybridized carbons (Fsp3) is 0.250. The Morgan fingerprint density at radius 2 is 2.05 bits per heavy atom. The monoisotopic (exact) mass is 282 g/mol. The van der Waals surface area contributed by atoms with Gasteiger partial charge in [-0.25, -0.2) is 9.97 Å². The van der Waals surface area contributed by atoms with E-state index in [1.165, 1.54) is 0 Å². The van der Waals surface area contributed by atoms with Crippen molar-refractivity contribution in [3.63, 3.8) is 0 Å². The molecule has 1 aromatic carbocycles. The van der Waals surface area contributed by atoms with Crippen LogP contribution in [0.1, 0.15) is 22.6 Å². The minimum Gasteiger partial charge on any atom is -0.392 e. The van der Waals surface area contributed by atoms with Crippen LogP contribution >= 0.6 is 0 Å². The Balaban J connectivity index is 1.89. The van der Waals surface area contributed by atoms with Crippen LogP contribution in [0.25, 0.3) is 5.78 Å². The first-order valence-corrected chi connectivity index (χ1v) is 6.92. The zero-order valence-corrected chi connectivity index (χ0v) is 12.2. The third kappa shape index (κ3) is 2.60. The van der Waals surface area contributed by atoms with Gasteiger partial charge in [-0.3, -0.25) is 4.40 Å². The van der Waals surface area contributed by atoms with Gasteiger partial charge in [-0.05, 0) is 26.0 Å². The number of nitrogens with one attached hydrogen (secondary N) is 1. The number of aromatic nitrogens is 3. The minimum absolute atomic E-state index is 0.0239. The molecule has 0 aliphatic carbocycles. The van der Waals surface area contributed by atoms with Crippen molar-refractivity contribution < 1.29 is 5.11 Å². The van der Waals surface area contributed by atoms with E-state index in [1.54, 1.807) is 0 Å². The van der Waals surface area contributed by atoms with E-state index in [1.807, 2.05) is 47.9 Å². The first-order valence-electron chi connectivity index (χ1n) is 6.92. The average Bonchev–Trinajstić information content (AvgIpc) is 2.88. The topological polar surface area (TPSA) is 62.5 Å². The van der Waals surface area contributed by atoms with E-state index in [4.69, 9.17) is 0 Å². The molecule has 0 fully saturated rings. The predicted octanol–water partition coefficient (Wildman–Crippen LogP) is 2.45. The normalized spacial score (nSPS) is 11.0. The molecular weight excluding hydrogens is 264 g/mol. The summed E-state index contributed by atoms with van der Waals surface area (Å²) in [6.45, 7) is 4.67. The largest absolute Gasteiger partial charge is 0.392 e. The molecule has 5 heteroatoms. The highest BCUT2D eigenvalue weighted by atomic mass is 16.3. The molecule has 0 radical (unpaired) electrons. The Morgan fingerprint density at radius 1 is 1.24 bits per heavy atom. The van der Waals surface area contributed by atoms with Gasteiger partial charge in [-0.1, -0.05) is 18.2 Å². The Morgan fingerprint density at radius 3 is 2.86 bits per heavy atom. The van der Waals surface area contributed by atoms with Crippen molar-refractivity contribution in [2.45, 2.75) is 27.0 Å². The van der Waals surface area contributed by atoms with E-state index in [-0.39, 0.29) is 6.61 Å². The summed E-state index contributed by atoms with van der Waals surface area (Å²) in [5.74, 6) is 0.722. The molecule has 0 amide bonds. The Kier molecular flexibility index (Phi) is 3.58. The summed E-state index contributed by atoms with van der Waals surface area (Å²) >= 11 is 0. The maximum atomic E-state index is 9.35. The van der Waals surface area contributed by atoms with E-state index in [0.717, 1.165) is 34.1 Å². The second kappa shape index (κ2) is 5.54. The first-order chi connectivity index (χ1) is 10.2. The van der Waals surface area contributed by atoms with Crippen LogP contribution in [0.2, 0.25) is 0 Å². The zero-order valence-electron chi connectivity index (χ0n) is 12.2. The molecule has 5 nitrogen and oxygen atoms in total. The van der Waals surface area contributed by atoms with Crippen molar-refractivity contribution in [2.24, 2.45) is 0 Å². The molecule has 3 aromatic rings. The van der Waals surface area contributed by atoms with E-state index in [9.17, 15) is 5.11 Å². The fourth-order valence-corrected chi connectivity index (χ4v) is 2.54. The van der Waals surface area contributed by atoms with E-state index >= 15 is 0 Å². The molecule has 21 heavy (non-hydrogen) atoms. The summed E-state index contributed by atoms with van der Waals surface area (Å²) in [6.07, 6.45) is 1.84. The lowest BCUT2D eigenvalue weighted by Crippen LogP contribution is -2.07. The third-order valence-electron chi connectivity index (χ3n) is 3.51. The number of nitrogens with zero attached hydrogens (tertiary/aromatic N) is 3. The summed E-state index contributed by atoms with van der Waals surface area (Å²) in [7, 11) is 0. The molecule has 0 unspecified atom stereocenters. The quantitative estimate of drug-likeness (QED) is 0.771. The van der Waals surface area contributed by atoms with Crippen molar-refractivity contribution in [3.05, 3.63) is 59.2 Å². The molecule has 0 aliphatic rings. The lowest BCUT2D eigenvalue weighted by Gasteiger charge is -2.11. The first kappa shape index (κ1) is 13.6. The number of benzene rings is 1. The van der Waals surface area contributed by atoms with Gasteiger partial charge in [-0.2, -0.15) is 0 Å². The van der Waals surface area contributed by atoms with Crippen molar-refractivity contribution in [1.82, 2.24) is 14.4 Å². The molecule has 0 atom stereocenters. The molecule has 2 N–H and O–H groups in total.